The topological polar surface area (TPSA) is 39.2 Å². The van der Waals surface area contributed by atoms with Crippen molar-refractivity contribution < 1.29 is 9.53 Å². The van der Waals surface area contributed by atoms with Crippen LogP contribution < -0.4 is 4.74 Å². The maximum Gasteiger partial charge on any atom is 0.166 e. The first kappa shape index (κ1) is 12.7. The van der Waals surface area contributed by atoms with Gasteiger partial charge in [0.05, 0.1) is 18.9 Å². The summed E-state index contributed by atoms with van der Waals surface area (Å²) in [5.74, 6) is 0.676. The van der Waals surface area contributed by atoms with Crippen LogP contribution in [0.2, 0.25) is 0 Å². The van der Waals surface area contributed by atoms with Crippen LogP contribution in [0.5, 0.6) is 5.75 Å². The Morgan fingerprint density at radius 2 is 2.12 bits per heavy atom. The fourth-order valence-electron chi connectivity index (χ4n) is 1.40. The highest BCUT2D eigenvalue weighted by molar-refractivity contribution is 5.98. The normalized spacial score (nSPS) is 11.2. The van der Waals surface area contributed by atoms with Gasteiger partial charge in [-0.2, -0.15) is 0 Å². The Morgan fingerprint density at radius 3 is 2.69 bits per heavy atom. The van der Waals surface area contributed by atoms with Crippen molar-refractivity contribution in [1.29, 1.82) is 0 Å². The number of ether oxygens (including phenoxy) is 1. The number of rotatable bonds is 4. The molecule has 1 aromatic rings. The van der Waals surface area contributed by atoms with E-state index in [1.54, 1.807) is 25.6 Å². The van der Waals surface area contributed by atoms with Crippen LogP contribution in [-0.4, -0.2) is 17.9 Å². The standard InChI is InChI=1S/C13H19NO2/c1-13(2,3)7-5-11(15)10-6-8-14-9-12(10)16-4/h6,8-9H,5,7H2,1-4H3. The molecule has 0 unspecified atom stereocenters. The number of carbonyl (C=O) groups is 1. The molecule has 0 radical (unpaired) electrons. The second kappa shape index (κ2) is 5.10. The Hall–Kier alpha value is -1.38. The maximum atomic E-state index is 12.0. The SMILES string of the molecule is COc1cnccc1C(=O)CCC(C)(C)C. The highest BCUT2D eigenvalue weighted by Crippen LogP contribution is 2.24. The first-order valence-corrected chi connectivity index (χ1v) is 5.45. The summed E-state index contributed by atoms with van der Waals surface area (Å²) in [6.07, 6.45) is 4.61. The fraction of sp³-hybridized carbons (Fsp3) is 0.538. The summed E-state index contributed by atoms with van der Waals surface area (Å²) in [4.78, 5) is 15.9. The minimum absolute atomic E-state index is 0.120. The van der Waals surface area contributed by atoms with E-state index in [1.807, 2.05) is 0 Å². The van der Waals surface area contributed by atoms with Crippen molar-refractivity contribution in [3.63, 3.8) is 0 Å². The largest absolute Gasteiger partial charge is 0.494 e. The van der Waals surface area contributed by atoms with Crippen molar-refractivity contribution in [3.8, 4) is 5.75 Å². The van der Waals surface area contributed by atoms with Gasteiger partial charge < -0.3 is 4.74 Å². The van der Waals surface area contributed by atoms with Crippen LogP contribution in [0.1, 0.15) is 44.0 Å². The van der Waals surface area contributed by atoms with Crippen molar-refractivity contribution in [2.45, 2.75) is 33.6 Å². The van der Waals surface area contributed by atoms with E-state index in [0.717, 1.165) is 6.42 Å². The van der Waals surface area contributed by atoms with Gasteiger partial charge in [-0.25, -0.2) is 0 Å². The number of pyridine rings is 1. The molecule has 0 N–H and O–H groups in total. The third-order valence-electron chi connectivity index (χ3n) is 2.41. The molecule has 16 heavy (non-hydrogen) atoms. The molecule has 1 heterocycles. The molecule has 0 atom stereocenters. The number of hydrogen-bond acceptors (Lipinski definition) is 3. The molecule has 0 fully saturated rings. The molecule has 3 heteroatoms. The Kier molecular flexibility index (Phi) is 4.05. The monoisotopic (exact) mass is 221 g/mol. The van der Waals surface area contributed by atoms with Crippen LogP contribution in [0.3, 0.4) is 0 Å². The summed E-state index contributed by atoms with van der Waals surface area (Å²) in [6, 6.07) is 1.71. The lowest BCUT2D eigenvalue weighted by Gasteiger charge is -2.17. The molecule has 0 amide bonds. The van der Waals surface area contributed by atoms with E-state index in [4.69, 9.17) is 4.74 Å². The molecular weight excluding hydrogens is 202 g/mol. The first-order chi connectivity index (χ1) is 7.44. The second-order valence-electron chi connectivity index (χ2n) is 5.06. The molecule has 3 nitrogen and oxygen atoms in total. The predicted molar refractivity (Wildman–Crippen MR) is 63.8 cm³/mol. The van der Waals surface area contributed by atoms with Crippen molar-refractivity contribution >= 4 is 5.78 Å². The number of methoxy groups -OCH3 is 1. The molecule has 0 bridgehead atoms. The van der Waals surface area contributed by atoms with Gasteiger partial charge in [-0.3, -0.25) is 9.78 Å². The highest BCUT2D eigenvalue weighted by Gasteiger charge is 2.16. The van der Waals surface area contributed by atoms with Crippen molar-refractivity contribution in [2.75, 3.05) is 7.11 Å². The zero-order chi connectivity index (χ0) is 12.2. The summed E-state index contributed by atoms with van der Waals surface area (Å²) >= 11 is 0. The smallest absolute Gasteiger partial charge is 0.166 e. The van der Waals surface area contributed by atoms with E-state index in [1.165, 1.54) is 0 Å². The Morgan fingerprint density at radius 1 is 1.44 bits per heavy atom. The Balaban J connectivity index is 2.73. The van der Waals surface area contributed by atoms with Gasteiger partial charge >= 0.3 is 0 Å². The van der Waals surface area contributed by atoms with E-state index in [9.17, 15) is 4.79 Å². The molecule has 0 aromatic carbocycles. The summed E-state index contributed by atoms with van der Waals surface area (Å²) in [5.41, 5.74) is 0.803. The van der Waals surface area contributed by atoms with E-state index < -0.39 is 0 Å². The van der Waals surface area contributed by atoms with Gasteiger partial charge in [0.15, 0.2) is 5.78 Å². The predicted octanol–water partition coefficient (Wildman–Crippen LogP) is 3.10. The van der Waals surface area contributed by atoms with Gasteiger partial charge in [-0.05, 0) is 17.9 Å². The maximum absolute atomic E-state index is 12.0. The van der Waals surface area contributed by atoms with Crippen LogP contribution in [0.4, 0.5) is 0 Å². The number of aromatic nitrogens is 1. The summed E-state index contributed by atoms with van der Waals surface area (Å²) in [7, 11) is 1.55. The molecule has 0 aliphatic carbocycles. The van der Waals surface area contributed by atoms with Gasteiger partial charge in [0.25, 0.3) is 0 Å². The van der Waals surface area contributed by atoms with E-state index in [2.05, 4.69) is 25.8 Å². The highest BCUT2D eigenvalue weighted by atomic mass is 16.5. The quantitative estimate of drug-likeness (QED) is 0.733. The van der Waals surface area contributed by atoms with E-state index >= 15 is 0 Å². The number of Topliss-reactive ketones (excluding diaryl/α,β-unsaturated/α-hetero) is 1. The molecule has 0 saturated carbocycles. The van der Waals surface area contributed by atoms with Crippen LogP contribution >= 0.6 is 0 Å². The average molecular weight is 221 g/mol. The molecule has 1 rings (SSSR count). The van der Waals surface area contributed by atoms with Crippen molar-refractivity contribution in [3.05, 3.63) is 24.0 Å². The number of hydrogen-bond donors (Lipinski definition) is 0. The number of carbonyl (C=O) groups excluding carboxylic acids is 1. The molecular formula is C13H19NO2. The molecule has 0 spiro atoms. The zero-order valence-electron chi connectivity index (χ0n) is 10.4. The summed E-state index contributed by atoms with van der Waals surface area (Å²) in [5, 5.41) is 0. The summed E-state index contributed by atoms with van der Waals surface area (Å²) in [6.45, 7) is 6.39. The van der Waals surface area contributed by atoms with Gasteiger partial charge in [0.1, 0.15) is 5.75 Å². The van der Waals surface area contributed by atoms with Crippen LogP contribution in [-0.2, 0) is 0 Å². The van der Waals surface area contributed by atoms with Gasteiger partial charge in [0, 0.05) is 12.6 Å². The fourth-order valence-corrected chi connectivity index (χ4v) is 1.40. The molecule has 0 aliphatic rings. The number of nitrogens with zero attached hydrogens (tertiary/aromatic N) is 1. The summed E-state index contributed by atoms with van der Waals surface area (Å²) < 4.78 is 5.12. The molecule has 88 valence electrons. The Bertz CT molecular complexity index is 366. The average Bonchev–Trinajstić information content (AvgIpc) is 2.25. The van der Waals surface area contributed by atoms with E-state index in [-0.39, 0.29) is 11.2 Å². The van der Waals surface area contributed by atoms with E-state index in [0.29, 0.717) is 17.7 Å². The molecule has 0 aliphatic heterocycles. The minimum Gasteiger partial charge on any atom is -0.494 e. The Labute approximate surface area is 96.8 Å². The second-order valence-corrected chi connectivity index (χ2v) is 5.06. The first-order valence-electron chi connectivity index (χ1n) is 5.45. The van der Waals surface area contributed by atoms with Gasteiger partial charge in [-0.15, -0.1) is 0 Å². The van der Waals surface area contributed by atoms with Gasteiger partial charge in [0.2, 0.25) is 0 Å². The van der Waals surface area contributed by atoms with Crippen LogP contribution in [0.15, 0.2) is 18.5 Å². The van der Waals surface area contributed by atoms with Crippen LogP contribution in [0.25, 0.3) is 0 Å². The minimum atomic E-state index is 0.120. The lowest BCUT2D eigenvalue weighted by Crippen LogP contribution is -2.10. The zero-order valence-corrected chi connectivity index (χ0v) is 10.4. The van der Waals surface area contributed by atoms with Gasteiger partial charge in [-0.1, -0.05) is 20.8 Å². The number of ketones is 1. The molecule has 0 saturated heterocycles. The lowest BCUT2D eigenvalue weighted by molar-refractivity contribution is 0.0963. The lowest BCUT2D eigenvalue weighted by atomic mass is 9.88. The van der Waals surface area contributed by atoms with Crippen molar-refractivity contribution in [1.82, 2.24) is 4.98 Å². The third-order valence-corrected chi connectivity index (χ3v) is 2.41. The molecule has 1 aromatic heterocycles. The van der Waals surface area contributed by atoms with Crippen molar-refractivity contribution in [2.24, 2.45) is 5.41 Å². The third kappa shape index (κ3) is 3.65. The van der Waals surface area contributed by atoms with Crippen LogP contribution in [0, 0.1) is 5.41 Å².